The van der Waals surface area contributed by atoms with Crippen LogP contribution in [0, 0.1) is 5.92 Å². The molecule has 1 aromatic carbocycles. The highest BCUT2D eigenvalue weighted by molar-refractivity contribution is 5.69. The van der Waals surface area contributed by atoms with Crippen LogP contribution in [0.25, 0.3) is 0 Å². The van der Waals surface area contributed by atoms with Crippen molar-refractivity contribution in [2.75, 3.05) is 13.1 Å². The van der Waals surface area contributed by atoms with Gasteiger partial charge in [-0.05, 0) is 55.9 Å². The maximum Gasteiger partial charge on any atom is 0.317 e. The van der Waals surface area contributed by atoms with Gasteiger partial charge in [-0.2, -0.15) is 0 Å². The third-order valence-corrected chi connectivity index (χ3v) is 6.05. The molecule has 144 valence electrons. The Labute approximate surface area is 158 Å². The number of nitrogens with one attached hydrogen (secondary N) is 1. The minimum Gasteiger partial charge on any atom is -0.480 e. The standard InChI is InChI=1S/C22H34N2O2/c1-16(13-22(2,3)18-7-5-4-6-8-18)23-19-11-20(12-19)24(15-21(25)26)14-17-9-10-17/h4-8,16-17,19-20,23H,9-15H2,1-3H3,(H,25,26). The van der Waals surface area contributed by atoms with Crippen molar-refractivity contribution in [1.29, 1.82) is 0 Å². The molecule has 2 N–H and O–H groups in total. The summed E-state index contributed by atoms with van der Waals surface area (Å²) >= 11 is 0. The van der Waals surface area contributed by atoms with Gasteiger partial charge in [0, 0.05) is 24.7 Å². The summed E-state index contributed by atoms with van der Waals surface area (Å²) in [4.78, 5) is 13.4. The Morgan fingerprint density at radius 3 is 2.50 bits per heavy atom. The van der Waals surface area contributed by atoms with Crippen LogP contribution in [-0.2, 0) is 10.2 Å². The Morgan fingerprint density at radius 2 is 1.92 bits per heavy atom. The molecule has 4 heteroatoms. The average molecular weight is 359 g/mol. The zero-order chi connectivity index (χ0) is 18.7. The van der Waals surface area contributed by atoms with Crippen molar-refractivity contribution in [2.24, 2.45) is 5.92 Å². The average Bonchev–Trinajstić information content (AvgIpc) is 3.34. The normalized spacial score (nSPS) is 24.3. The number of aliphatic carboxylic acids is 1. The van der Waals surface area contributed by atoms with Crippen molar-refractivity contribution in [3.8, 4) is 0 Å². The van der Waals surface area contributed by atoms with E-state index in [0.29, 0.717) is 18.1 Å². The third-order valence-electron chi connectivity index (χ3n) is 6.05. The maximum absolute atomic E-state index is 11.1. The van der Waals surface area contributed by atoms with E-state index in [0.717, 1.165) is 31.7 Å². The van der Waals surface area contributed by atoms with E-state index < -0.39 is 5.97 Å². The summed E-state index contributed by atoms with van der Waals surface area (Å²) in [5.41, 5.74) is 1.54. The number of carboxylic acids is 1. The van der Waals surface area contributed by atoms with E-state index in [1.807, 2.05) is 0 Å². The quantitative estimate of drug-likeness (QED) is 0.670. The molecular weight excluding hydrogens is 324 g/mol. The SMILES string of the molecule is CC(CC(C)(C)c1ccccc1)NC1CC(N(CC(=O)O)CC2CC2)C1. The van der Waals surface area contributed by atoms with E-state index >= 15 is 0 Å². The summed E-state index contributed by atoms with van der Waals surface area (Å²) in [6.45, 7) is 8.07. The van der Waals surface area contributed by atoms with E-state index in [2.05, 4.69) is 61.3 Å². The highest BCUT2D eigenvalue weighted by atomic mass is 16.4. The Bertz CT molecular complexity index is 591. The van der Waals surface area contributed by atoms with Crippen LogP contribution in [0.4, 0.5) is 0 Å². The molecule has 26 heavy (non-hydrogen) atoms. The molecule has 0 amide bonds. The smallest absolute Gasteiger partial charge is 0.317 e. The predicted molar refractivity (Wildman–Crippen MR) is 105 cm³/mol. The maximum atomic E-state index is 11.1. The van der Waals surface area contributed by atoms with Crippen LogP contribution in [0.3, 0.4) is 0 Å². The van der Waals surface area contributed by atoms with E-state index in [-0.39, 0.29) is 12.0 Å². The second-order valence-electron chi connectivity index (χ2n) is 9.11. The molecule has 4 nitrogen and oxygen atoms in total. The highest BCUT2D eigenvalue weighted by Crippen LogP contribution is 2.34. The van der Waals surface area contributed by atoms with Gasteiger partial charge in [-0.3, -0.25) is 9.69 Å². The summed E-state index contributed by atoms with van der Waals surface area (Å²) in [5.74, 6) is 0.0481. The molecule has 0 aliphatic heterocycles. The number of rotatable bonds is 10. The first-order valence-corrected chi connectivity index (χ1v) is 10.1. The molecule has 0 spiro atoms. The molecule has 2 aliphatic rings. The minimum atomic E-state index is -0.694. The number of carbonyl (C=O) groups is 1. The summed E-state index contributed by atoms with van der Waals surface area (Å²) in [6.07, 6.45) is 5.80. The first-order chi connectivity index (χ1) is 12.3. The van der Waals surface area contributed by atoms with Crippen molar-refractivity contribution >= 4 is 5.97 Å². The van der Waals surface area contributed by atoms with Crippen LogP contribution in [0.1, 0.15) is 58.4 Å². The molecular formula is C22H34N2O2. The molecule has 0 bridgehead atoms. The minimum absolute atomic E-state index is 0.151. The first kappa shape index (κ1) is 19.4. The molecule has 1 aromatic rings. The number of hydrogen-bond acceptors (Lipinski definition) is 3. The van der Waals surface area contributed by atoms with Crippen LogP contribution in [0.2, 0.25) is 0 Å². The summed E-state index contributed by atoms with van der Waals surface area (Å²) in [6, 6.07) is 12.1. The van der Waals surface area contributed by atoms with Gasteiger partial charge in [-0.25, -0.2) is 0 Å². The van der Waals surface area contributed by atoms with Gasteiger partial charge in [0.2, 0.25) is 0 Å². The van der Waals surface area contributed by atoms with Gasteiger partial charge in [0.1, 0.15) is 0 Å². The van der Waals surface area contributed by atoms with Crippen LogP contribution in [0.5, 0.6) is 0 Å². The number of carboxylic acid groups (broad SMARTS) is 1. The lowest BCUT2D eigenvalue weighted by Crippen LogP contribution is -2.56. The fraction of sp³-hybridized carbons (Fsp3) is 0.682. The zero-order valence-corrected chi connectivity index (χ0v) is 16.4. The van der Waals surface area contributed by atoms with Crippen molar-refractivity contribution in [2.45, 2.75) is 76.4 Å². The molecule has 2 fully saturated rings. The van der Waals surface area contributed by atoms with Gasteiger partial charge in [-0.15, -0.1) is 0 Å². The van der Waals surface area contributed by atoms with Crippen LogP contribution in [0.15, 0.2) is 30.3 Å². The summed E-state index contributed by atoms with van der Waals surface area (Å²) < 4.78 is 0. The summed E-state index contributed by atoms with van der Waals surface area (Å²) in [7, 11) is 0. The van der Waals surface area contributed by atoms with Crippen molar-refractivity contribution in [3.63, 3.8) is 0 Å². The van der Waals surface area contributed by atoms with Crippen molar-refractivity contribution in [1.82, 2.24) is 10.2 Å². The van der Waals surface area contributed by atoms with E-state index in [9.17, 15) is 9.90 Å². The van der Waals surface area contributed by atoms with Crippen molar-refractivity contribution in [3.05, 3.63) is 35.9 Å². The van der Waals surface area contributed by atoms with Gasteiger partial charge in [0.25, 0.3) is 0 Å². The van der Waals surface area contributed by atoms with Gasteiger partial charge in [0.15, 0.2) is 0 Å². The van der Waals surface area contributed by atoms with Gasteiger partial charge in [-0.1, -0.05) is 44.2 Å². The molecule has 2 saturated carbocycles. The fourth-order valence-corrected chi connectivity index (χ4v) is 4.40. The van der Waals surface area contributed by atoms with Crippen LogP contribution >= 0.6 is 0 Å². The Hall–Kier alpha value is -1.39. The number of benzene rings is 1. The molecule has 1 atom stereocenters. The highest BCUT2D eigenvalue weighted by Gasteiger charge is 2.37. The number of hydrogen-bond donors (Lipinski definition) is 2. The number of nitrogens with zero attached hydrogens (tertiary/aromatic N) is 1. The van der Waals surface area contributed by atoms with Gasteiger partial charge >= 0.3 is 5.97 Å². The van der Waals surface area contributed by atoms with Crippen molar-refractivity contribution < 1.29 is 9.90 Å². The van der Waals surface area contributed by atoms with E-state index in [1.54, 1.807) is 0 Å². The second-order valence-corrected chi connectivity index (χ2v) is 9.11. The second kappa shape index (κ2) is 8.10. The molecule has 0 aromatic heterocycles. The largest absolute Gasteiger partial charge is 0.480 e. The third kappa shape index (κ3) is 5.31. The molecule has 1 unspecified atom stereocenters. The first-order valence-electron chi connectivity index (χ1n) is 10.1. The van der Waals surface area contributed by atoms with Crippen LogP contribution in [-0.4, -0.2) is 47.2 Å². The monoisotopic (exact) mass is 358 g/mol. The lowest BCUT2D eigenvalue weighted by Gasteiger charge is -2.44. The Kier molecular flexibility index (Phi) is 6.03. The summed E-state index contributed by atoms with van der Waals surface area (Å²) in [5, 5.41) is 13.0. The zero-order valence-electron chi connectivity index (χ0n) is 16.4. The van der Waals surface area contributed by atoms with Gasteiger partial charge in [0.05, 0.1) is 6.54 Å². The molecule has 0 heterocycles. The Morgan fingerprint density at radius 1 is 1.27 bits per heavy atom. The topological polar surface area (TPSA) is 52.6 Å². The fourth-order valence-electron chi connectivity index (χ4n) is 4.40. The predicted octanol–water partition coefficient (Wildman–Crippen LogP) is 3.66. The molecule has 3 rings (SSSR count). The lowest BCUT2D eigenvalue weighted by molar-refractivity contribution is -0.139. The van der Waals surface area contributed by atoms with Gasteiger partial charge < -0.3 is 10.4 Å². The van der Waals surface area contributed by atoms with E-state index in [4.69, 9.17) is 0 Å². The molecule has 0 saturated heterocycles. The van der Waals surface area contributed by atoms with E-state index in [1.165, 1.54) is 18.4 Å². The molecule has 2 aliphatic carbocycles. The Balaban J connectivity index is 1.44. The molecule has 0 radical (unpaired) electrons. The van der Waals surface area contributed by atoms with Crippen LogP contribution < -0.4 is 5.32 Å². The lowest BCUT2D eigenvalue weighted by atomic mass is 9.78.